The van der Waals surface area contributed by atoms with Crippen molar-refractivity contribution in [3.8, 4) is 0 Å². The van der Waals surface area contributed by atoms with Crippen molar-refractivity contribution in [3.05, 3.63) is 30.9 Å². The third-order valence-corrected chi connectivity index (χ3v) is 4.93. The highest BCUT2D eigenvalue weighted by Crippen LogP contribution is 2.30. The Balaban J connectivity index is 1.67. The SMILES string of the molecule is CCn1cnc2c(N[C@@H]3CN(C(C)=O)C[C@H]3c3cn(C)cn3)ncnc21. The largest absolute Gasteiger partial charge is 0.363 e. The molecule has 0 aliphatic carbocycles. The molecule has 1 fully saturated rings. The number of hydrogen-bond donors (Lipinski definition) is 1. The number of carbonyl (C=O) groups is 1. The molecular formula is C17H22N8O. The van der Waals surface area contributed by atoms with E-state index in [-0.39, 0.29) is 17.9 Å². The Morgan fingerprint density at radius 2 is 2.08 bits per heavy atom. The van der Waals surface area contributed by atoms with E-state index in [2.05, 4.69) is 32.2 Å². The van der Waals surface area contributed by atoms with Gasteiger partial charge in [0.15, 0.2) is 11.5 Å². The van der Waals surface area contributed by atoms with Gasteiger partial charge < -0.3 is 19.4 Å². The van der Waals surface area contributed by atoms with Gasteiger partial charge in [0.1, 0.15) is 11.8 Å². The number of hydrogen-bond acceptors (Lipinski definition) is 6. The first-order chi connectivity index (χ1) is 12.6. The average molecular weight is 354 g/mol. The molecular weight excluding hydrogens is 332 g/mol. The van der Waals surface area contributed by atoms with Gasteiger partial charge in [-0.25, -0.2) is 19.9 Å². The molecule has 0 bridgehead atoms. The van der Waals surface area contributed by atoms with Crippen molar-refractivity contribution in [2.45, 2.75) is 32.4 Å². The zero-order valence-corrected chi connectivity index (χ0v) is 15.1. The number of anilines is 1. The Morgan fingerprint density at radius 3 is 2.77 bits per heavy atom. The smallest absolute Gasteiger partial charge is 0.219 e. The summed E-state index contributed by atoms with van der Waals surface area (Å²) in [5.74, 6) is 0.857. The third kappa shape index (κ3) is 2.79. The topological polar surface area (TPSA) is 93.8 Å². The number of fused-ring (bicyclic) bond motifs is 1. The predicted molar refractivity (Wildman–Crippen MR) is 96.6 cm³/mol. The van der Waals surface area contributed by atoms with Crippen LogP contribution in [0.25, 0.3) is 11.2 Å². The lowest BCUT2D eigenvalue weighted by molar-refractivity contribution is -0.127. The fraction of sp³-hybridized carbons (Fsp3) is 0.471. The van der Waals surface area contributed by atoms with E-state index < -0.39 is 0 Å². The second kappa shape index (κ2) is 6.40. The van der Waals surface area contributed by atoms with Crippen LogP contribution in [0.3, 0.4) is 0 Å². The fourth-order valence-electron chi connectivity index (χ4n) is 3.52. The molecule has 0 aromatic carbocycles. The average Bonchev–Trinajstić information content (AvgIpc) is 3.32. The van der Waals surface area contributed by atoms with E-state index >= 15 is 0 Å². The van der Waals surface area contributed by atoms with Crippen molar-refractivity contribution in [1.29, 1.82) is 0 Å². The number of imidazole rings is 2. The molecule has 1 saturated heterocycles. The van der Waals surface area contributed by atoms with Crippen LogP contribution in [0.2, 0.25) is 0 Å². The molecule has 0 radical (unpaired) electrons. The van der Waals surface area contributed by atoms with Crippen molar-refractivity contribution in [3.63, 3.8) is 0 Å². The van der Waals surface area contributed by atoms with Crippen LogP contribution in [0, 0.1) is 0 Å². The van der Waals surface area contributed by atoms with Gasteiger partial charge in [0.05, 0.1) is 24.4 Å². The molecule has 0 saturated carbocycles. The predicted octanol–water partition coefficient (Wildman–Crippen LogP) is 1.01. The van der Waals surface area contributed by atoms with Crippen LogP contribution in [-0.4, -0.2) is 59.0 Å². The molecule has 1 aliphatic heterocycles. The van der Waals surface area contributed by atoms with Gasteiger partial charge in [-0.05, 0) is 6.92 Å². The Labute approximate surface area is 151 Å². The lowest BCUT2D eigenvalue weighted by atomic mass is 10.0. The zero-order valence-electron chi connectivity index (χ0n) is 15.1. The Hall–Kier alpha value is -2.97. The number of aromatic nitrogens is 6. The van der Waals surface area contributed by atoms with E-state index in [0.29, 0.717) is 18.9 Å². The molecule has 0 spiro atoms. The van der Waals surface area contributed by atoms with E-state index in [0.717, 1.165) is 23.4 Å². The Bertz CT molecular complexity index is 945. The molecule has 4 heterocycles. The van der Waals surface area contributed by atoms with Gasteiger partial charge in [-0.1, -0.05) is 0 Å². The van der Waals surface area contributed by atoms with Gasteiger partial charge in [0.2, 0.25) is 5.91 Å². The van der Waals surface area contributed by atoms with Crippen molar-refractivity contribution < 1.29 is 4.79 Å². The molecule has 3 aromatic heterocycles. The number of nitrogens with zero attached hydrogens (tertiary/aromatic N) is 7. The summed E-state index contributed by atoms with van der Waals surface area (Å²) in [5, 5.41) is 3.49. The lowest BCUT2D eigenvalue weighted by Crippen LogP contribution is -2.30. The summed E-state index contributed by atoms with van der Waals surface area (Å²) in [6.07, 6.45) is 7.11. The number of nitrogens with one attached hydrogen (secondary N) is 1. The first-order valence-corrected chi connectivity index (χ1v) is 8.72. The summed E-state index contributed by atoms with van der Waals surface area (Å²) in [7, 11) is 1.95. The minimum absolute atomic E-state index is 0.0127. The number of likely N-dealkylation sites (tertiary alicyclic amines) is 1. The molecule has 1 amide bonds. The van der Waals surface area contributed by atoms with Crippen LogP contribution >= 0.6 is 0 Å². The van der Waals surface area contributed by atoms with Crippen molar-refractivity contribution >= 4 is 22.9 Å². The molecule has 136 valence electrons. The van der Waals surface area contributed by atoms with Gasteiger partial charge in [-0.2, -0.15) is 0 Å². The van der Waals surface area contributed by atoms with Gasteiger partial charge in [-0.15, -0.1) is 0 Å². The quantitative estimate of drug-likeness (QED) is 0.751. The van der Waals surface area contributed by atoms with Gasteiger partial charge >= 0.3 is 0 Å². The summed E-state index contributed by atoms with van der Waals surface area (Å²) >= 11 is 0. The highest BCUT2D eigenvalue weighted by Gasteiger charge is 2.37. The van der Waals surface area contributed by atoms with E-state index in [4.69, 9.17) is 0 Å². The van der Waals surface area contributed by atoms with Gasteiger partial charge in [0, 0.05) is 45.7 Å². The minimum Gasteiger partial charge on any atom is -0.363 e. The van der Waals surface area contributed by atoms with Crippen LogP contribution in [-0.2, 0) is 18.4 Å². The molecule has 4 rings (SSSR count). The maximum Gasteiger partial charge on any atom is 0.219 e. The minimum atomic E-state index is 0.0127. The van der Waals surface area contributed by atoms with Crippen molar-refractivity contribution in [2.75, 3.05) is 18.4 Å². The number of carbonyl (C=O) groups excluding carboxylic acids is 1. The standard InChI is InChI=1S/C17H22N8O/c1-4-24-10-21-15-16(18-8-19-17(15)24)22-14-7-25(11(2)26)5-12(14)13-6-23(3)9-20-13/h6,8-10,12,14H,4-5,7H2,1-3H3,(H,18,19,22)/t12-,14+/m0/s1. The van der Waals surface area contributed by atoms with Crippen molar-refractivity contribution in [1.82, 2.24) is 34.0 Å². The number of amides is 1. The summed E-state index contributed by atoms with van der Waals surface area (Å²) in [6, 6.07) is 0.0127. The number of rotatable bonds is 4. The van der Waals surface area contributed by atoms with E-state index in [1.807, 2.05) is 27.3 Å². The molecule has 26 heavy (non-hydrogen) atoms. The zero-order chi connectivity index (χ0) is 18.3. The first-order valence-electron chi connectivity index (χ1n) is 8.72. The summed E-state index contributed by atoms with van der Waals surface area (Å²) in [5.41, 5.74) is 2.52. The molecule has 1 N–H and O–H groups in total. The maximum atomic E-state index is 11.9. The lowest BCUT2D eigenvalue weighted by Gasteiger charge is -2.18. The summed E-state index contributed by atoms with van der Waals surface area (Å²) in [4.78, 5) is 31.5. The van der Waals surface area contributed by atoms with Crippen molar-refractivity contribution in [2.24, 2.45) is 7.05 Å². The van der Waals surface area contributed by atoms with Gasteiger partial charge in [-0.3, -0.25) is 4.79 Å². The molecule has 3 aromatic rings. The summed E-state index contributed by atoms with van der Waals surface area (Å²) < 4.78 is 3.91. The molecule has 2 atom stereocenters. The highest BCUT2D eigenvalue weighted by molar-refractivity contribution is 5.83. The van der Waals surface area contributed by atoms with Crippen LogP contribution in [0.5, 0.6) is 0 Å². The second-order valence-corrected chi connectivity index (χ2v) is 6.67. The van der Waals surface area contributed by atoms with Crippen LogP contribution in [0.4, 0.5) is 5.82 Å². The maximum absolute atomic E-state index is 11.9. The van der Waals surface area contributed by atoms with Crippen LogP contribution < -0.4 is 5.32 Å². The van der Waals surface area contributed by atoms with Crippen LogP contribution in [0.1, 0.15) is 25.5 Å². The first kappa shape index (κ1) is 16.5. The highest BCUT2D eigenvalue weighted by atomic mass is 16.2. The van der Waals surface area contributed by atoms with E-state index in [9.17, 15) is 4.79 Å². The Morgan fingerprint density at radius 1 is 1.23 bits per heavy atom. The monoisotopic (exact) mass is 354 g/mol. The molecule has 9 heteroatoms. The van der Waals surface area contributed by atoms with Crippen LogP contribution in [0.15, 0.2) is 25.2 Å². The fourth-order valence-corrected chi connectivity index (χ4v) is 3.52. The molecule has 9 nitrogen and oxygen atoms in total. The second-order valence-electron chi connectivity index (χ2n) is 6.67. The van der Waals surface area contributed by atoms with E-state index in [1.165, 1.54) is 0 Å². The third-order valence-electron chi connectivity index (χ3n) is 4.93. The normalized spacial score (nSPS) is 20.0. The van der Waals surface area contributed by atoms with Gasteiger partial charge in [0.25, 0.3) is 0 Å². The molecule has 1 aliphatic rings. The Kier molecular flexibility index (Phi) is 4.06. The molecule has 0 unspecified atom stereocenters. The van der Waals surface area contributed by atoms with E-state index in [1.54, 1.807) is 25.9 Å². The number of aryl methyl sites for hydroxylation is 2. The summed E-state index contributed by atoms with van der Waals surface area (Å²) in [6.45, 7) is 5.70.